The zero-order valence-corrected chi connectivity index (χ0v) is 47.5. The van der Waals surface area contributed by atoms with Crippen LogP contribution in [0, 0.1) is 10.8 Å². The minimum Gasteiger partial charge on any atom is -0.372 e. The molecule has 4 heterocycles. The van der Waals surface area contributed by atoms with Crippen molar-refractivity contribution in [2.45, 2.75) is 74.8 Å². The van der Waals surface area contributed by atoms with E-state index in [-0.39, 0.29) is 11.6 Å². The van der Waals surface area contributed by atoms with E-state index in [4.69, 9.17) is 15.0 Å². The van der Waals surface area contributed by atoms with Gasteiger partial charge in [-0.05, 0) is 109 Å². The van der Waals surface area contributed by atoms with Gasteiger partial charge in [0.2, 0.25) is 0 Å². The van der Waals surface area contributed by atoms with Gasteiger partial charge in [-0.1, -0.05) is 175 Å². The van der Waals surface area contributed by atoms with E-state index in [1.807, 2.05) is 84.9 Å². The molecule has 0 N–H and O–H groups in total. The molecule has 0 unspecified atom stereocenters. The standard InChI is InChI=1S/C69H68BF2N7O/c1-11-76(12-2)51-37-33-47(34-38-51)59-41-54(64(73-59)75-66-55(45-23-17-15-18-24-45)42-60(79(66)70(71)72)48-35-39-52(40-36-48)77(13-3)14-4)46-29-31-50(32-30-46)65-74-61(49-25-19-16-20-26-49)62-53-27-21-22-28-56(53)69(78(62)65)43-57(67(5,6)7)63(80)58(44-69)68(8,9)10/h15-44H,11-14H2,1-10H3/b75-64-. The molecule has 2 aliphatic heterocycles. The third-order valence-corrected chi connectivity index (χ3v) is 16.0. The predicted octanol–water partition coefficient (Wildman–Crippen LogP) is 16.7. The van der Waals surface area contributed by atoms with Crippen molar-refractivity contribution >= 4 is 47.5 Å². The van der Waals surface area contributed by atoms with E-state index in [1.54, 1.807) is 0 Å². The summed E-state index contributed by atoms with van der Waals surface area (Å²) in [6.45, 7) is 24.6. The van der Waals surface area contributed by atoms with Crippen LogP contribution in [0.3, 0.4) is 0 Å². The van der Waals surface area contributed by atoms with Crippen molar-refractivity contribution in [3.05, 3.63) is 210 Å². The van der Waals surface area contributed by atoms with E-state index < -0.39 is 23.8 Å². The van der Waals surface area contributed by atoms with E-state index in [2.05, 4.69) is 181 Å². The maximum absolute atomic E-state index is 16.0. The van der Waals surface area contributed by atoms with E-state index in [1.165, 1.54) is 0 Å². The Kier molecular flexibility index (Phi) is 14.1. The highest BCUT2D eigenvalue weighted by Gasteiger charge is 2.50. The number of halogens is 2. The second-order valence-electron chi connectivity index (χ2n) is 22.9. The minimum atomic E-state index is -2.93. The van der Waals surface area contributed by atoms with Crippen LogP contribution in [0.1, 0.15) is 85.9 Å². The Hall–Kier alpha value is -8.44. The van der Waals surface area contributed by atoms with Gasteiger partial charge >= 0.3 is 7.40 Å². The first kappa shape index (κ1) is 53.6. The lowest BCUT2D eigenvalue weighted by Gasteiger charge is -2.39. The molecule has 0 saturated carbocycles. The van der Waals surface area contributed by atoms with Gasteiger partial charge in [0.05, 0.1) is 17.1 Å². The molecule has 0 bridgehead atoms. The fourth-order valence-corrected chi connectivity index (χ4v) is 11.8. The van der Waals surface area contributed by atoms with E-state index in [0.29, 0.717) is 33.9 Å². The summed E-state index contributed by atoms with van der Waals surface area (Å²) >= 11 is 0. The summed E-state index contributed by atoms with van der Waals surface area (Å²) in [6.07, 6.45) is 6.41. The number of aliphatic imine (C=N–C) groups is 2. The number of aromatic nitrogens is 3. The molecule has 6 aromatic carbocycles. The van der Waals surface area contributed by atoms with Gasteiger partial charge in [-0.15, -0.1) is 0 Å². The van der Waals surface area contributed by atoms with E-state index in [0.717, 1.165) is 109 Å². The molecule has 0 fully saturated rings. The number of rotatable bonds is 14. The molecule has 0 radical (unpaired) electrons. The van der Waals surface area contributed by atoms with E-state index in [9.17, 15) is 4.79 Å². The van der Waals surface area contributed by atoms with Crippen LogP contribution in [-0.2, 0) is 10.3 Å². The summed E-state index contributed by atoms with van der Waals surface area (Å²) in [5.41, 5.74) is 13.0. The number of carbonyl (C=O) groups is 1. The molecule has 0 atom stereocenters. The van der Waals surface area contributed by atoms with Crippen LogP contribution in [0.25, 0.3) is 61.9 Å². The number of anilines is 2. The Morgan fingerprint density at radius 2 is 1.07 bits per heavy atom. The van der Waals surface area contributed by atoms with Crippen LogP contribution in [0.15, 0.2) is 203 Å². The van der Waals surface area contributed by atoms with Crippen LogP contribution in [0.2, 0.25) is 0 Å². The normalized spacial score (nSPS) is 15.2. The van der Waals surface area contributed by atoms with Gasteiger partial charge in [0.1, 0.15) is 17.2 Å². The monoisotopic (exact) mass is 1060 g/mol. The van der Waals surface area contributed by atoms with Gasteiger partial charge < -0.3 is 18.8 Å². The van der Waals surface area contributed by atoms with Crippen molar-refractivity contribution in [3.63, 3.8) is 0 Å². The van der Waals surface area contributed by atoms with Crippen LogP contribution in [0.4, 0.5) is 25.8 Å². The number of carbonyl (C=O) groups excluding carboxylic acids is 1. The number of Topliss-reactive ketones (excluding diaryl/α,β-unsaturated/α-hetero) is 1. The Balaban J connectivity index is 1.10. The predicted molar refractivity (Wildman–Crippen MR) is 330 cm³/mol. The van der Waals surface area contributed by atoms with Crippen LogP contribution in [0.5, 0.6) is 0 Å². The number of allylic oxidation sites excluding steroid dienone is 5. The largest absolute Gasteiger partial charge is 0.679 e. The van der Waals surface area contributed by atoms with E-state index >= 15 is 8.63 Å². The molecule has 11 heteroatoms. The molecule has 80 heavy (non-hydrogen) atoms. The lowest BCUT2D eigenvalue weighted by molar-refractivity contribution is -0.114. The van der Waals surface area contributed by atoms with Crippen LogP contribution in [-0.4, -0.2) is 64.9 Å². The molecule has 0 saturated heterocycles. The zero-order chi connectivity index (χ0) is 56.3. The molecule has 2 aromatic heterocycles. The van der Waals surface area contributed by atoms with Crippen molar-refractivity contribution in [1.82, 2.24) is 14.0 Å². The van der Waals surface area contributed by atoms with Crippen molar-refractivity contribution in [1.29, 1.82) is 0 Å². The Bertz CT molecular complexity index is 3770. The summed E-state index contributed by atoms with van der Waals surface area (Å²) < 4.78 is 35.4. The first-order valence-corrected chi connectivity index (χ1v) is 28.1. The average molecular weight is 1060 g/mol. The Morgan fingerprint density at radius 1 is 0.575 bits per heavy atom. The molecular formula is C69H68BF2N7O. The Morgan fingerprint density at radius 3 is 1.61 bits per heavy atom. The highest BCUT2D eigenvalue weighted by atomic mass is 19.2. The van der Waals surface area contributed by atoms with Crippen molar-refractivity contribution < 1.29 is 13.4 Å². The number of imidazole rings is 1. The van der Waals surface area contributed by atoms with Gasteiger partial charge in [-0.3, -0.25) is 13.4 Å². The quantitative estimate of drug-likeness (QED) is 0.102. The highest BCUT2D eigenvalue weighted by Crippen LogP contribution is 2.56. The van der Waals surface area contributed by atoms with Gasteiger partial charge in [-0.25, -0.2) is 15.0 Å². The molecule has 1 spiro atoms. The lowest BCUT2D eigenvalue weighted by atomic mass is 9.67. The van der Waals surface area contributed by atoms with Crippen molar-refractivity contribution in [2.24, 2.45) is 20.8 Å². The highest BCUT2D eigenvalue weighted by molar-refractivity contribution is 6.43. The number of amidine groups is 1. The zero-order valence-electron chi connectivity index (χ0n) is 47.5. The minimum absolute atomic E-state index is 0.0667. The second kappa shape index (κ2) is 21.0. The van der Waals surface area contributed by atoms with Gasteiger partial charge in [0.25, 0.3) is 0 Å². The fourth-order valence-electron chi connectivity index (χ4n) is 11.8. The summed E-state index contributed by atoms with van der Waals surface area (Å²) in [6, 6.07) is 54.7. The van der Waals surface area contributed by atoms with Gasteiger partial charge in [0, 0.05) is 87.8 Å². The first-order chi connectivity index (χ1) is 38.5. The number of benzene rings is 6. The Labute approximate surface area is 470 Å². The maximum Gasteiger partial charge on any atom is 0.679 e. The number of hydrogen-bond acceptors (Lipinski definition) is 5. The lowest BCUT2D eigenvalue weighted by Crippen LogP contribution is -2.38. The average Bonchev–Trinajstić information content (AvgIpc) is 4.33. The van der Waals surface area contributed by atoms with Gasteiger partial charge in [0.15, 0.2) is 11.6 Å². The summed E-state index contributed by atoms with van der Waals surface area (Å²) in [4.78, 5) is 35.3. The second-order valence-corrected chi connectivity index (χ2v) is 22.9. The molecule has 11 rings (SSSR count). The number of hydrogen-bond donors (Lipinski definition) is 0. The van der Waals surface area contributed by atoms with Crippen LogP contribution < -0.4 is 9.80 Å². The third kappa shape index (κ3) is 9.40. The molecule has 8 nitrogen and oxygen atoms in total. The SMILES string of the molecule is CCN(CC)c1ccc(C2=N/C(=N\c3c(-c4ccccc4)cc(-c4ccc(N(CC)CC)cc4)n3B(F)F)C(c3ccc(-c4nc(-c5ccccc5)c5n4C4(C=C(C(C)(C)C)C(=O)C(C(C)(C)C)=C4)c4ccccc4-5)cc3)=C2)cc1. The number of nitrogens with zero attached hydrogens (tertiary/aromatic N) is 7. The maximum atomic E-state index is 16.0. The number of fused-ring (bicyclic) bond motifs is 5. The smallest absolute Gasteiger partial charge is 0.372 e. The summed E-state index contributed by atoms with van der Waals surface area (Å²) in [7, 11) is -2.93. The number of ketones is 1. The molecule has 402 valence electrons. The molecule has 0 amide bonds. The fraction of sp³-hybridized carbons (Fsp3) is 0.246. The summed E-state index contributed by atoms with van der Waals surface area (Å²) in [5, 5.41) is 0. The summed E-state index contributed by atoms with van der Waals surface area (Å²) in [5.74, 6) is 1.23. The van der Waals surface area contributed by atoms with Crippen molar-refractivity contribution in [2.75, 3.05) is 36.0 Å². The molecule has 3 aliphatic rings. The topological polar surface area (TPSA) is 71.0 Å². The molecule has 1 aliphatic carbocycles. The van der Waals surface area contributed by atoms with Crippen molar-refractivity contribution in [3.8, 4) is 56.3 Å². The van der Waals surface area contributed by atoms with Gasteiger partial charge in [-0.2, -0.15) is 0 Å². The molecular weight excluding hydrogens is 992 g/mol. The third-order valence-electron chi connectivity index (χ3n) is 16.0. The molecule has 8 aromatic rings. The first-order valence-electron chi connectivity index (χ1n) is 28.1. The van der Waals surface area contributed by atoms with Crippen LogP contribution >= 0.6 is 0 Å².